The third kappa shape index (κ3) is 1.52. The van der Waals surface area contributed by atoms with Gasteiger partial charge in [0.05, 0.1) is 17.7 Å². The van der Waals surface area contributed by atoms with Crippen LogP contribution in [0, 0.1) is 11.3 Å². The van der Waals surface area contributed by atoms with Gasteiger partial charge in [-0.15, -0.1) is 0 Å². The van der Waals surface area contributed by atoms with Crippen molar-refractivity contribution in [3.63, 3.8) is 0 Å². The van der Waals surface area contributed by atoms with Gasteiger partial charge >= 0.3 is 0 Å². The van der Waals surface area contributed by atoms with Crippen molar-refractivity contribution in [1.82, 2.24) is 5.43 Å². The number of benzene rings is 1. The summed E-state index contributed by atoms with van der Waals surface area (Å²) in [6, 6.07) is 9.97. The Morgan fingerprint density at radius 3 is 3.15 bits per heavy atom. The molecule has 3 heteroatoms. The summed E-state index contributed by atoms with van der Waals surface area (Å²) in [6.07, 6.45) is 2.75. The summed E-state index contributed by atoms with van der Waals surface area (Å²) < 4.78 is 0. The van der Waals surface area contributed by atoms with Crippen molar-refractivity contribution >= 4 is 6.21 Å². The smallest absolute Gasteiger partial charge is 0.0991 e. The molecule has 3 nitrogen and oxygen atoms in total. The first-order valence-electron chi connectivity index (χ1n) is 4.17. The summed E-state index contributed by atoms with van der Waals surface area (Å²) in [6.45, 7) is 0. The lowest BCUT2D eigenvalue weighted by molar-refractivity contribution is 0.620. The van der Waals surface area contributed by atoms with Gasteiger partial charge in [-0.3, -0.25) is 0 Å². The fourth-order valence-electron chi connectivity index (χ4n) is 1.39. The van der Waals surface area contributed by atoms with Gasteiger partial charge in [0.2, 0.25) is 0 Å². The van der Waals surface area contributed by atoms with Crippen LogP contribution in [0.2, 0.25) is 0 Å². The van der Waals surface area contributed by atoms with Gasteiger partial charge in [0.25, 0.3) is 0 Å². The Bertz CT molecular complexity index is 368. The van der Waals surface area contributed by atoms with Crippen molar-refractivity contribution in [2.45, 2.75) is 12.5 Å². The van der Waals surface area contributed by atoms with Crippen molar-refractivity contribution in [2.75, 3.05) is 0 Å². The minimum absolute atomic E-state index is 0.244. The van der Waals surface area contributed by atoms with E-state index in [0.717, 1.165) is 12.0 Å². The fraction of sp³-hybridized carbons (Fsp3) is 0.200. The lowest BCUT2D eigenvalue weighted by Crippen LogP contribution is -2.09. The van der Waals surface area contributed by atoms with Crippen LogP contribution in [-0.4, -0.2) is 6.21 Å². The molecule has 1 heterocycles. The van der Waals surface area contributed by atoms with Crippen molar-refractivity contribution in [1.29, 1.82) is 5.26 Å². The van der Waals surface area contributed by atoms with Crippen LogP contribution in [0.5, 0.6) is 0 Å². The Labute approximate surface area is 76.7 Å². The molecular formula is C10H9N3. The van der Waals surface area contributed by atoms with Crippen LogP contribution in [0.3, 0.4) is 0 Å². The van der Waals surface area contributed by atoms with E-state index in [1.54, 1.807) is 6.07 Å². The van der Waals surface area contributed by atoms with Crippen molar-refractivity contribution < 1.29 is 0 Å². The summed E-state index contributed by atoms with van der Waals surface area (Å²) in [5, 5.41) is 12.6. The number of hydrogen-bond acceptors (Lipinski definition) is 3. The van der Waals surface area contributed by atoms with Crippen LogP contribution in [0.15, 0.2) is 29.4 Å². The number of nitriles is 1. The molecule has 1 atom stereocenters. The molecule has 13 heavy (non-hydrogen) atoms. The Morgan fingerprint density at radius 2 is 2.46 bits per heavy atom. The molecule has 0 saturated heterocycles. The number of rotatable bonds is 1. The first-order chi connectivity index (χ1) is 6.40. The molecular weight excluding hydrogens is 162 g/mol. The van der Waals surface area contributed by atoms with Gasteiger partial charge in [-0.2, -0.15) is 10.4 Å². The third-order valence-electron chi connectivity index (χ3n) is 2.08. The highest BCUT2D eigenvalue weighted by Gasteiger charge is 2.12. The zero-order valence-electron chi connectivity index (χ0n) is 7.07. The molecule has 0 saturated carbocycles. The van der Waals surface area contributed by atoms with Gasteiger partial charge in [0.15, 0.2) is 0 Å². The van der Waals surface area contributed by atoms with Crippen LogP contribution in [0.4, 0.5) is 0 Å². The minimum Gasteiger partial charge on any atom is -0.303 e. The maximum atomic E-state index is 8.70. The summed E-state index contributed by atoms with van der Waals surface area (Å²) >= 11 is 0. The molecule has 1 aromatic rings. The highest BCUT2D eigenvalue weighted by Crippen LogP contribution is 2.19. The molecule has 0 aromatic heterocycles. The van der Waals surface area contributed by atoms with Gasteiger partial charge in [0, 0.05) is 12.6 Å². The lowest BCUT2D eigenvalue weighted by atomic mass is 10.0. The van der Waals surface area contributed by atoms with Crippen LogP contribution in [-0.2, 0) is 0 Å². The first-order valence-corrected chi connectivity index (χ1v) is 4.17. The van der Waals surface area contributed by atoms with E-state index >= 15 is 0 Å². The van der Waals surface area contributed by atoms with Crippen molar-refractivity contribution in [3.05, 3.63) is 35.4 Å². The van der Waals surface area contributed by atoms with E-state index < -0.39 is 0 Å². The van der Waals surface area contributed by atoms with Gasteiger partial charge in [-0.1, -0.05) is 12.1 Å². The van der Waals surface area contributed by atoms with Crippen LogP contribution >= 0.6 is 0 Å². The predicted molar refractivity (Wildman–Crippen MR) is 50.1 cm³/mol. The molecule has 1 unspecified atom stereocenters. The zero-order chi connectivity index (χ0) is 9.10. The maximum Gasteiger partial charge on any atom is 0.0991 e. The van der Waals surface area contributed by atoms with Crippen LogP contribution < -0.4 is 5.43 Å². The number of hydrogen-bond donors (Lipinski definition) is 1. The largest absolute Gasteiger partial charge is 0.303 e. The quantitative estimate of drug-likeness (QED) is 0.697. The molecule has 0 aliphatic carbocycles. The first kappa shape index (κ1) is 7.81. The standard InChI is InChI=1S/C10H9N3/c11-7-8-2-1-3-9(6-8)10-4-5-12-13-10/h1-3,5-6,10,13H,4H2. The topological polar surface area (TPSA) is 48.2 Å². The summed E-state index contributed by atoms with van der Waals surface area (Å²) in [4.78, 5) is 0. The second-order valence-corrected chi connectivity index (χ2v) is 2.97. The monoisotopic (exact) mass is 171 g/mol. The SMILES string of the molecule is N#Cc1cccc(C2CC=NN2)c1. The molecule has 1 aromatic carbocycles. The molecule has 1 aliphatic heterocycles. The molecule has 0 fully saturated rings. The molecule has 64 valence electrons. The summed E-state index contributed by atoms with van der Waals surface area (Å²) in [7, 11) is 0. The Morgan fingerprint density at radius 1 is 1.54 bits per heavy atom. The van der Waals surface area contributed by atoms with E-state index in [1.807, 2.05) is 24.4 Å². The Balaban J connectivity index is 2.26. The predicted octanol–water partition coefficient (Wildman–Crippen LogP) is 1.58. The summed E-state index contributed by atoms with van der Waals surface area (Å²) in [5.41, 5.74) is 4.81. The van der Waals surface area contributed by atoms with E-state index in [0.29, 0.717) is 5.56 Å². The second-order valence-electron chi connectivity index (χ2n) is 2.97. The van der Waals surface area contributed by atoms with Gasteiger partial charge in [-0.05, 0) is 17.7 Å². The molecule has 0 amide bonds. The van der Waals surface area contributed by atoms with E-state index in [-0.39, 0.29) is 6.04 Å². The van der Waals surface area contributed by atoms with Crippen molar-refractivity contribution in [2.24, 2.45) is 5.10 Å². The average molecular weight is 171 g/mol. The zero-order valence-corrected chi connectivity index (χ0v) is 7.07. The van der Waals surface area contributed by atoms with E-state index in [1.165, 1.54) is 0 Å². The molecule has 0 spiro atoms. The van der Waals surface area contributed by atoms with Crippen LogP contribution in [0.1, 0.15) is 23.6 Å². The second kappa shape index (κ2) is 3.28. The minimum atomic E-state index is 0.244. The molecule has 0 radical (unpaired) electrons. The average Bonchev–Trinajstić information content (AvgIpc) is 2.71. The molecule has 1 aliphatic rings. The van der Waals surface area contributed by atoms with Crippen LogP contribution in [0.25, 0.3) is 0 Å². The molecule has 0 bridgehead atoms. The number of hydrazone groups is 1. The normalized spacial score (nSPS) is 19.5. The number of nitrogens with zero attached hydrogens (tertiary/aromatic N) is 2. The Hall–Kier alpha value is -1.82. The summed E-state index contributed by atoms with van der Waals surface area (Å²) in [5.74, 6) is 0. The molecule has 1 N–H and O–H groups in total. The van der Waals surface area contributed by atoms with Gasteiger partial charge in [-0.25, -0.2) is 0 Å². The third-order valence-corrected chi connectivity index (χ3v) is 2.08. The highest BCUT2D eigenvalue weighted by atomic mass is 15.3. The molecule has 2 rings (SSSR count). The highest BCUT2D eigenvalue weighted by molar-refractivity contribution is 5.60. The fourth-order valence-corrected chi connectivity index (χ4v) is 1.39. The lowest BCUT2D eigenvalue weighted by Gasteiger charge is -2.09. The van der Waals surface area contributed by atoms with Gasteiger partial charge in [0.1, 0.15) is 0 Å². The van der Waals surface area contributed by atoms with E-state index in [4.69, 9.17) is 5.26 Å². The van der Waals surface area contributed by atoms with E-state index in [9.17, 15) is 0 Å². The maximum absolute atomic E-state index is 8.70. The Kier molecular flexibility index (Phi) is 1.97. The number of nitrogens with one attached hydrogen (secondary N) is 1. The van der Waals surface area contributed by atoms with Gasteiger partial charge < -0.3 is 5.43 Å². The van der Waals surface area contributed by atoms with Crippen molar-refractivity contribution in [3.8, 4) is 6.07 Å². The van der Waals surface area contributed by atoms with E-state index in [2.05, 4.69) is 16.6 Å².